The second kappa shape index (κ2) is 5.60. The molecule has 2 heterocycles. The summed E-state index contributed by atoms with van der Waals surface area (Å²) in [4.78, 5) is 28.3. The van der Waals surface area contributed by atoms with Gasteiger partial charge in [0.1, 0.15) is 0 Å². The van der Waals surface area contributed by atoms with Crippen molar-refractivity contribution in [1.29, 1.82) is 0 Å². The van der Waals surface area contributed by atoms with Gasteiger partial charge in [0.25, 0.3) is 5.56 Å². The quantitative estimate of drug-likeness (QED) is 0.729. The molecule has 2 rings (SSSR count). The van der Waals surface area contributed by atoms with E-state index < -0.39 is 5.91 Å². The molecule has 112 valence electrons. The Hall–Kier alpha value is -2.29. The highest BCUT2D eigenvalue weighted by Crippen LogP contribution is 2.20. The summed E-state index contributed by atoms with van der Waals surface area (Å²) in [5.41, 5.74) is -0.188. The van der Waals surface area contributed by atoms with E-state index in [2.05, 4.69) is 25.5 Å². The van der Waals surface area contributed by atoms with Gasteiger partial charge in [-0.05, 0) is 12.2 Å². The third-order valence-corrected chi connectivity index (χ3v) is 2.72. The van der Waals surface area contributed by atoms with Crippen LogP contribution < -0.4 is 10.9 Å². The molecule has 1 amide bonds. The summed E-state index contributed by atoms with van der Waals surface area (Å²) >= 11 is 4.84. The molecule has 9 heteroatoms. The number of nitrogens with zero attached hydrogens (tertiary/aromatic N) is 2. The van der Waals surface area contributed by atoms with E-state index in [0.29, 0.717) is 11.6 Å². The Morgan fingerprint density at radius 3 is 2.67 bits per heavy atom. The number of carbonyl (C=O) groups excluding carboxylic acids is 1. The van der Waals surface area contributed by atoms with Gasteiger partial charge in [-0.3, -0.25) is 14.6 Å². The Morgan fingerprint density at radius 2 is 2.10 bits per heavy atom. The molecular weight excluding hydrogens is 294 g/mol. The molecule has 21 heavy (non-hydrogen) atoms. The van der Waals surface area contributed by atoms with E-state index in [0.717, 1.165) is 0 Å². The first-order chi connectivity index (χ1) is 9.75. The van der Waals surface area contributed by atoms with E-state index in [1.807, 2.05) is 20.8 Å². The summed E-state index contributed by atoms with van der Waals surface area (Å²) in [6.07, 6.45) is 0. The zero-order valence-electron chi connectivity index (χ0n) is 11.8. The first kappa shape index (κ1) is 15.1. The van der Waals surface area contributed by atoms with E-state index in [1.54, 1.807) is 0 Å². The van der Waals surface area contributed by atoms with Gasteiger partial charge in [-0.1, -0.05) is 20.8 Å². The van der Waals surface area contributed by atoms with Crippen LogP contribution in [-0.2, 0) is 12.0 Å². The molecule has 0 fully saturated rings. The highest BCUT2D eigenvalue weighted by Gasteiger charge is 2.23. The van der Waals surface area contributed by atoms with Crippen molar-refractivity contribution >= 4 is 18.1 Å². The van der Waals surface area contributed by atoms with Crippen LogP contribution in [0.4, 0.5) is 0 Å². The van der Waals surface area contributed by atoms with Crippen LogP contribution >= 0.6 is 12.2 Å². The number of amides is 1. The fourth-order valence-corrected chi connectivity index (χ4v) is 1.72. The van der Waals surface area contributed by atoms with E-state index in [4.69, 9.17) is 16.6 Å². The van der Waals surface area contributed by atoms with Crippen LogP contribution in [0.2, 0.25) is 0 Å². The van der Waals surface area contributed by atoms with Crippen LogP contribution in [0.3, 0.4) is 0 Å². The second-order valence-corrected chi connectivity index (χ2v) is 5.87. The number of hydrogen-bond acceptors (Lipinski definition) is 6. The number of aromatic nitrogens is 4. The topological polar surface area (TPSA) is 117 Å². The molecule has 0 aliphatic heterocycles. The Kier molecular flexibility index (Phi) is 4.03. The molecule has 0 atom stereocenters. The molecule has 3 N–H and O–H groups in total. The lowest BCUT2D eigenvalue weighted by Crippen LogP contribution is -2.24. The van der Waals surface area contributed by atoms with Crippen molar-refractivity contribution in [3.8, 4) is 0 Å². The predicted octanol–water partition coefficient (Wildman–Crippen LogP) is 1.04. The monoisotopic (exact) mass is 309 g/mol. The van der Waals surface area contributed by atoms with Gasteiger partial charge in [-0.15, -0.1) is 10.2 Å². The summed E-state index contributed by atoms with van der Waals surface area (Å²) in [5, 5.41) is 10.1. The fourth-order valence-electron chi connectivity index (χ4n) is 1.48. The van der Waals surface area contributed by atoms with E-state index in [-0.39, 0.29) is 28.2 Å². The van der Waals surface area contributed by atoms with Crippen LogP contribution in [0.15, 0.2) is 15.3 Å². The molecule has 8 nitrogen and oxygen atoms in total. The van der Waals surface area contributed by atoms with Crippen molar-refractivity contribution in [2.24, 2.45) is 0 Å². The first-order valence-electron chi connectivity index (χ1n) is 6.20. The second-order valence-electron chi connectivity index (χ2n) is 5.46. The largest absolute Gasteiger partial charge is 0.416 e. The molecule has 0 bridgehead atoms. The van der Waals surface area contributed by atoms with E-state index in [9.17, 15) is 9.59 Å². The summed E-state index contributed by atoms with van der Waals surface area (Å²) in [5.74, 6) is -0.260. The maximum atomic E-state index is 11.9. The van der Waals surface area contributed by atoms with Gasteiger partial charge in [-0.25, -0.2) is 0 Å². The SMILES string of the molecule is CC(C)(C)c1nnc(C(=O)NCc2cc(=O)[nH]c(=S)[nH]2)o1. The molecule has 0 aliphatic rings. The molecule has 0 saturated heterocycles. The molecule has 2 aromatic rings. The summed E-state index contributed by atoms with van der Waals surface area (Å²) in [6.45, 7) is 5.80. The van der Waals surface area contributed by atoms with E-state index >= 15 is 0 Å². The third kappa shape index (κ3) is 3.85. The standard InChI is InChI=1S/C12H15N5O3S/c1-12(2,3)10-17-16-9(20-10)8(19)13-5-6-4-7(18)15-11(21)14-6/h4H,5H2,1-3H3,(H,13,19)(H2,14,15,18,21). The molecule has 2 aromatic heterocycles. The van der Waals surface area contributed by atoms with Crippen LogP contribution in [0.25, 0.3) is 0 Å². The number of aromatic amines is 2. The Balaban J connectivity index is 2.06. The molecule has 0 unspecified atom stereocenters. The molecule has 0 saturated carbocycles. The van der Waals surface area contributed by atoms with Crippen molar-refractivity contribution in [1.82, 2.24) is 25.5 Å². The highest BCUT2D eigenvalue weighted by atomic mass is 32.1. The molecular formula is C12H15N5O3S. The zero-order chi connectivity index (χ0) is 15.6. The first-order valence-corrected chi connectivity index (χ1v) is 6.61. The molecule has 0 aliphatic carbocycles. The lowest BCUT2D eigenvalue weighted by atomic mass is 9.97. The van der Waals surface area contributed by atoms with Gasteiger partial charge in [0.05, 0.1) is 6.54 Å². The van der Waals surface area contributed by atoms with Gasteiger partial charge in [0.15, 0.2) is 4.77 Å². The van der Waals surface area contributed by atoms with Gasteiger partial charge < -0.3 is 14.7 Å². The van der Waals surface area contributed by atoms with Crippen molar-refractivity contribution in [2.75, 3.05) is 0 Å². The van der Waals surface area contributed by atoms with E-state index in [1.165, 1.54) is 6.07 Å². The third-order valence-electron chi connectivity index (χ3n) is 2.52. The number of nitrogens with one attached hydrogen (secondary N) is 3. The van der Waals surface area contributed by atoms with Crippen molar-refractivity contribution in [2.45, 2.75) is 32.7 Å². The highest BCUT2D eigenvalue weighted by molar-refractivity contribution is 7.71. The minimum absolute atomic E-state index is 0.0968. The average molecular weight is 309 g/mol. The minimum Gasteiger partial charge on any atom is -0.416 e. The summed E-state index contributed by atoms with van der Waals surface area (Å²) in [6, 6.07) is 1.31. The normalized spacial score (nSPS) is 11.4. The lowest BCUT2D eigenvalue weighted by Gasteiger charge is -2.10. The number of rotatable bonds is 3. The van der Waals surface area contributed by atoms with Gasteiger partial charge in [0.2, 0.25) is 5.89 Å². The van der Waals surface area contributed by atoms with Crippen molar-refractivity contribution < 1.29 is 9.21 Å². The van der Waals surface area contributed by atoms with Crippen LogP contribution in [0.5, 0.6) is 0 Å². The summed E-state index contributed by atoms with van der Waals surface area (Å²) < 4.78 is 5.51. The molecule has 0 radical (unpaired) electrons. The molecule has 0 aromatic carbocycles. The average Bonchev–Trinajstić information content (AvgIpc) is 2.84. The van der Waals surface area contributed by atoms with Crippen LogP contribution in [0.1, 0.15) is 43.0 Å². The Morgan fingerprint density at radius 1 is 1.38 bits per heavy atom. The van der Waals surface area contributed by atoms with Crippen LogP contribution in [0, 0.1) is 4.77 Å². The number of H-pyrrole nitrogens is 2. The Labute approximate surface area is 125 Å². The predicted molar refractivity (Wildman–Crippen MR) is 76.4 cm³/mol. The van der Waals surface area contributed by atoms with Crippen LogP contribution in [-0.4, -0.2) is 26.1 Å². The van der Waals surface area contributed by atoms with Gasteiger partial charge in [0, 0.05) is 17.2 Å². The minimum atomic E-state index is -0.516. The van der Waals surface area contributed by atoms with Crippen molar-refractivity contribution in [3.05, 3.63) is 38.7 Å². The van der Waals surface area contributed by atoms with Gasteiger partial charge in [-0.2, -0.15) is 0 Å². The number of hydrogen-bond donors (Lipinski definition) is 3. The summed E-state index contributed by atoms with van der Waals surface area (Å²) in [7, 11) is 0. The Bertz CT molecular complexity index is 740. The zero-order valence-corrected chi connectivity index (χ0v) is 12.6. The maximum absolute atomic E-state index is 11.9. The smallest absolute Gasteiger partial charge is 0.309 e. The lowest BCUT2D eigenvalue weighted by molar-refractivity contribution is 0.0912. The number of carbonyl (C=O) groups is 1. The fraction of sp³-hybridized carbons (Fsp3) is 0.417. The van der Waals surface area contributed by atoms with Gasteiger partial charge >= 0.3 is 11.8 Å². The maximum Gasteiger partial charge on any atom is 0.309 e. The molecule has 0 spiro atoms. The van der Waals surface area contributed by atoms with Crippen molar-refractivity contribution in [3.63, 3.8) is 0 Å².